The number of nitrogens with one attached hydrogen (secondary N) is 2. The van der Waals surface area contributed by atoms with Crippen molar-refractivity contribution in [3.05, 3.63) is 32.6 Å². The van der Waals surface area contributed by atoms with Gasteiger partial charge in [0.2, 0.25) is 10.0 Å². The number of halogens is 1. The summed E-state index contributed by atoms with van der Waals surface area (Å²) < 4.78 is 31.4. The normalized spacial score (nSPS) is 25.5. The Hall–Kier alpha value is -1.01. The summed E-state index contributed by atoms with van der Waals surface area (Å²) in [4.78, 5) is 25.3. The summed E-state index contributed by atoms with van der Waals surface area (Å²) in [6.07, 6.45) is -1.01. The number of sulfonamides is 1. The summed E-state index contributed by atoms with van der Waals surface area (Å²) in [7, 11) is -3.47. The second-order valence-corrected chi connectivity index (χ2v) is 8.09. The van der Waals surface area contributed by atoms with Gasteiger partial charge in [-0.05, 0) is 6.92 Å². The molecule has 0 aromatic carbocycles. The lowest BCUT2D eigenvalue weighted by Gasteiger charge is -2.16. The van der Waals surface area contributed by atoms with E-state index in [9.17, 15) is 23.1 Å². The zero-order chi connectivity index (χ0) is 16.5. The summed E-state index contributed by atoms with van der Waals surface area (Å²) in [5.74, 6) is 0. The van der Waals surface area contributed by atoms with Gasteiger partial charge in [0, 0.05) is 24.7 Å². The van der Waals surface area contributed by atoms with Gasteiger partial charge in [-0.25, -0.2) is 17.9 Å². The SMILES string of the molecule is Cc1cn(C2CC(O)C(CNS(=O)(=O)CBr)O2)c(=O)[nH]c1=O. The van der Waals surface area contributed by atoms with E-state index < -0.39 is 39.7 Å². The third-order valence-electron chi connectivity index (χ3n) is 3.31. The van der Waals surface area contributed by atoms with Crippen LogP contribution < -0.4 is 16.0 Å². The Balaban J connectivity index is 2.13. The second-order valence-electron chi connectivity index (χ2n) is 4.98. The first-order chi connectivity index (χ1) is 10.2. The highest BCUT2D eigenvalue weighted by Gasteiger charge is 2.36. The first kappa shape index (κ1) is 17.3. The number of aryl methyl sites for hydroxylation is 1. The molecule has 9 nitrogen and oxygen atoms in total. The predicted octanol–water partition coefficient (Wildman–Crippen LogP) is -1.23. The average Bonchev–Trinajstić information content (AvgIpc) is 2.82. The van der Waals surface area contributed by atoms with Crippen LogP contribution in [0.25, 0.3) is 0 Å². The van der Waals surface area contributed by atoms with E-state index in [1.54, 1.807) is 6.92 Å². The molecule has 1 fully saturated rings. The molecule has 2 rings (SSSR count). The lowest BCUT2D eigenvalue weighted by molar-refractivity contribution is -0.0169. The molecule has 1 aliphatic rings. The maximum Gasteiger partial charge on any atom is 0.330 e. The number of ether oxygens (including phenoxy) is 1. The lowest BCUT2D eigenvalue weighted by atomic mass is 10.2. The molecule has 0 spiro atoms. The number of hydrogen-bond acceptors (Lipinski definition) is 6. The Morgan fingerprint density at radius 2 is 2.23 bits per heavy atom. The molecule has 1 aromatic heterocycles. The smallest absolute Gasteiger partial charge is 0.330 e. The van der Waals surface area contributed by atoms with Crippen LogP contribution in [0.2, 0.25) is 0 Å². The summed E-state index contributed by atoms with van der Waals surface area (Å²) in [5.41, 5.74) is -0.794. The standard InChI is InChI=1S/C11H16BrN3O6S/c1-6-4-15(11(18)14-10(6)17)9-2-7(16)8(21-9)3-13-22(19,20)5-12/h4,7-9,13,16H,2-3,5H2,1H3,(H,14,17,18). The van der Waals surface area contributed by atoms with E-state index in [2.05, 4.69) is 25.6 Å². The van der Waals surface area contributed by atoms with Gasteiger partial charge in [0.1, 0.15) is 10.9 Å². The zero-order valence-electron chi connectivity index (χ0n) is 11.7. The number of alkyl halides is 1. The predicted molar refractivity (Wildman–Crippen MR) is 81.3 cm³/mol. The Labute approximate surface area is 134 Å². The monoisotopic (exact) mass is 397 g/mol. The Morgan fingerprint density at radius 1 is 1.55 bits per heavy atom. The van der Waals surface area contributed by atoms with Crippen molar-refractivity contribution in [3.8, 4) is 0 Å². The van der Waals surface area contributed by atoms with Gasteiger partial charge >= 0.3 is 5.69 Å². The molecule has 124 valence electrons. The van der Waals surface area contributed by atoms with Crippen molar-refractivity contribution in [2.45, 2.75) is 31.8 Å². The Bertz CT molecular complexity index is 758. The van der Waals surface area contributed by atoms with Crippen LogP contribution in [0, 0.1) is 6.92 Å². The van der Waals surface area contributed by atoms with Gasteiger partial charge in [-0.15, -0.1) is 0 Å². The molecule has 22 heavy (non-hydrogen) atoms. The van der Waals surface area contributed by atoms with Crippen molar-refractivity contribution in [1.82, 2.24) is 14.3 Å². The first-order valence-electron chi connectivity index (χ1n) is 6.42. The molecular weight excluding hydrogens is 382 g/mol. The number of aliphatic hydroxyl groups is 1. The summed E-state index contributed by atoms with van der Waals surface area (Å²) in [6.45, 7) is 1.43. The van der Waals surface area contributed by atoms with E-state index in [1.165, 1.54) is 10.8 Å². The maximum absolute atomic E-state index is 11.8. The van der Waals surface area contributed by atoms with Gasteiger partial charge in [-0.3, -0.25) is 14.3 Å². The largest absolute Gasteiger partial charge is 0.390 e. The summed E-state index contributed by atoms with van der Waals surface area (Å²) in [5, 5.41) is 9.95. The van der Waals surface area contributed by atoms with Gasteiger partial charge in [0.15, 0.2) is 0 Å². The van der Waals surface area contributed by atoms with Crippen molar-refractivity contribution in [2.75, 3.05) is 11.2 Å². The molecule has 3 N–H and O–H groups in total. The minimum atomic E-state index is -3.47. The molecule has 0 radical (unpaired) electrons. The van der Waals surface area contributed by atoms with Crippen molar-refractivity contribution in [3.63, 3.8) is 0 Å². The van der Waals surface area contributed by atoms with E-state index in [1.807, 2.05) is 0 Å². The van der Waals surface area contributed by atoms with E-state index >= 15 is 0 Å². The highest BCUT2D eigenvalue weighted by molar-refractivity contribution is 9.10. The van der Waals surface area contributed by atoms with E-state index in [4.69, 9.17) is 4.74 Å². The number of aliphatic hydroxyl groups excluding tert-OH is 1. The van der Waals surface area contributed by atoms with Crippen molar-refractivity contribution < 1.29 is 18.3 Å². The zero-order valence-corrected chi connectivity index (χ0v) is 14.1. The third-order valence-corrected chi connectivity index (χ3v) is 6.01. The Kier molecular flexibility index (Phi) is 5.22. The van der Waals surface area contributed by atoms with Crippen molar-refractivity contribution in [2.24, 2.45) is 0 Å². The van der Waals surface area contributed by atoms with Crippen LogP contribution in [0.4, 0.5) is 0 Å². The molecule has 11 heteroatoms. The highest BCUT2D eigenvalue weighted by atomic mass is 79.9. The number of H-pyrrole nitrogens is 1. The number of hydrogen-bond donors (Lipinski definition) is 3. The topological polar surface area (TPSA) is 130 Å². The molecular formula is C11H16BrN3O6S. The van der Waals surface area contributed by atoms with Crippen LogP contribution in [0.15, 0.2) is 15.8 Å². The second kappa shape index (κ2) is 6.62. The number of aromatic nitrogens is 2. The van der Waals surface area contributed by atoms with Crippen LogP contribution in [0.3, 0.4) is 0 Å². The maximum atomic E-state index is 11.8. The molecule has 0 aliphatic carbocycles. The lowest BCUT2D eigenvalue weighted by Crippen LogP contribution is -2.37. The molecule has 1 aromatic rings. The molecule has 3 unspecified atom stereocenters. The Morgan fingerprint density at radius 3 is 2.86 bits per heavy atom. The van der Waals surface area contributed by atoms with Gasteiger partial charge in [0.25, 0.3) is 5.56 Å². The van der Waals surface area contributed by atoms with Crippen LogP contribution in [0.5, 0.6) is 0 Å². The fourth-order valence-electron chi connectivity index (χ4n) is 2.12. The third kappa shape index (κ3) is 3.84. The minimum Gasteiger partial charge on any atom is -0.390 e. The first-order valence-corrected chi connectivity index (χ1v) is 9.20. The minimum absolute atomic E-state index is 0.108. The van der Waals surface area contributed by atoms with Crippen LogP contribution in [0.1, 0.15) is 18.2 Å². The molecule has 1 aliphatic heterocycles. The summed E-state index contributed by atoms with van der Waals surface area (Å²) in [6, 6.07) is 0. The highest BCUT2D eigenvalue weighted by Crippen LogP contribution is 2.27. The molecule has 2 heterocycles. The molecule has 0 saturated carbocycles. The fraction of sp³-hybridized carbons (Fsp3) is 0.636. The van der Waals surface area contributed by atoms with Crippen molar-refractivity contribution in [1.29, 1.82) is 0 Å². The van der Waals surface area contributed by atoms with Crippen LogP contribution in [-0.2, 0) is 14.8 Å². The van der Waals surface area contributed by atoms with E-state index in [-0.39, 0.29) is 17.6 Å². The van der Waals surface area contributed by atoms with Gasteiger partial charge < -0.3 is 9.84 Å². The number of rotatable bonds is 5. The molecule has 0 amide bonds. The summed E-state index contributed by atoms with van der Waals surface area (Å²) >= 11 is 2.84. The average molecular weight is 398 g/mol. The van der Waals surface area contributed by atoms with Crippen LogP contribution in [-0.4, -0.2) is 46.5 Å². The van der Waals surface area contributed by atoms with Gasteiger partial charge in [-0.1, -0.05) is 15.9 Å². The van der Waals surface area contributed by atoms with E-state index in [0.717, 1.165) is 0 Å². The molecule has 1 saturated heterocycles. The molecule has 0 bridgehead atoms. The molecule has 3 atom stereocenters. The van der Waals surface area contributed by atoms with E-state index in [0.29, 0.717) is 5.56 Å². The number of nitrogens with zero attached hydrogens (tertiary/aromatic N) is 1. The quantitative estimate of drug-likeness (QED) is 0.533. The van der Waals surface area contributed by atoms with Crippen LogP contribution >= 0.6 is 15.9 Å². The van der Waals surface area contributed by atoms with Gasteiger partial charge in [-0.2, -0.15) is 0 Å². The van der Waals surface area contributed by atoms with Crippen molar-refractivity contribution >= 4 is 26.0 Å². The van der Waals surface area contributed by atoms with Gasteiger partial charge in [0.05, 0.1) is 12.2 Å². The number of aromatic amines is 1. The fourth-order valence-corrected chi connectivity index (χ4v) is 3.10.